The summed E-state index contributed by atoms with van der Waals surface area (Å²) >= 11 is 0. The van der Waals surface area contributed by atoms with Crippen LogP contribution in [0.1, 0.15) is 40.0 Å². The van der Waals surface area contributed by atoms with Crippen LogP contribution in [0.4, 0.5) is 5.82 Å². The molecule has 0 unspecified atom stereocenters. The fourth-order valence-electron chi connectivity index (χ4n) is 4.41. The van der Waals surface area contributed by atoms with Crippen LogP contribution in [0.2, 0.25) is 0 Å². The van der Waals surface area contributed by atoms with Crippen molar-refractivity contribution in [2.75, 3.05) is 51.7 Å². The average Bonchev–Trinajstić information content (AvgIpc) is 3.20. The van der Waals surface area contributed by atoms with Crippen LogP contribution in [-0.4, -0.2) is 67.5 Å². The molecule has 1 amide bonds. The highest BCUT2D eigenvalue weighted by atomic mass is 16.2. The van der Waals surface area contributed by atoms with Crippen molar-refractivity contribution in [3.63, 3.8) is 0 Å². The molecule has 4 rings (SSSR count). The number of fused-ring (bicyclic) bond motifs is 1. The van der Waals surface area contributed by atoms with Gasteiger partial charge in [0.2, 0.25) is 0 Å². The quantitative estimate of drug-likeness (QED) is 0.784. The molecule has 0 bridgehead atoms. The summed E-state index contributed by atoms with van der Waals surface area (Å²) in [5, 5.41) is 0. The lowest BCUT2D eigenvalue weighted by molar-refractivity contribution is 0.0793. The van der Waals surface area contributed by atoms with E-state index in [9.17, 15) is 4.79 Å². The molecule has 5 heteroatoms. The van der Waals surface area contributed by atoms with Gasteiger partial charge in [0, 0.05) is 58.9 Å². The summed E-state index contributed by atoms with van der Waals surface area (Å²) in [6.07, 6.45) is 5.20. The first kappa shape index (κ1) is 19.9. The van der Waals surface area contributed by atoms with Gasteiger partial charge in [0.25, 0.3) is 5.91 Å². The van der Waals surface area contributed by atoms with E-state index in [0.717, 1.165) is 81.9 Å². The number of pyridine rings is 1. The molecule has 5 nitrogen and oxygen atoms in total. The highest BCUT2D eigenvalue weighted by molar-refractivity contribution is 5.99. The van der Waals surface area contributed by atoms with Gasteiger partial charge in [0.1, 0.15) is 5.82 Å². The van der Waals surface area contributed by atoms with Gasteiger partial charge in [-0.25, -0.2) is 4.98 Å². The van der Waals surface area contributed by atoms with Gasteiger partial charge in [0.05, 0.1) is 5.56 Å². The van der Waals surface area contributed by atoms with Crippen molar-refractivity contribution in [2.24, 2.45) is 0 Å². The average molecular weight is 393 g/mol. The SMILES string of the molecule is CN(C)c1nc2c(cc1C(=O)N1CCCC1)CCN(CCc1ccccc1)CC2. The maximum atomic E-state index is 13.1. The molecular formula is C24H32N4O. The van der Waals surface area contributed by atoms with Crippen LogP contribution in [0.25, 0.3) is 0 Å². The predicted octanol–water partition coefficient (Wildman–Crippen LogP) is 3.03. The van der Waals surface area contributed by atoms with E-state index in [1.54, 1.807) is 0 Å². The number of anilines is 1. The van der Waals surface area contributed by atoms with Gasteiger partial charge in [-0.15, -0.1) is 0 Å². The van der Waals surface area contributed by atoms with Crippen molar-refractivity contribution in [1.29, 1.82) is 0 Å². The zero-order valence-corrected chi connectivity index (χ0v) is 17.7. The van der Waals surface area contributed by atoms with Crippen LogP contribution >= 0.6 is 0 Å². The van der Waals surface area contributed by atoms with Crippen LogP contribution in [0, 0.1) is 0 Å². The minimum absolute atomic E-state index is 0.145. The summed E-state index contributed by atoms with van der Waals surface area (Å²) in [6, 6.07) is 12.8. The maximum Gasteiger partial charge on any atom is 0.257 e. The van der Waals surface area contributed by atoms with E-state index in [0.29, 0.717) is 0 Å². The zero-order valence-electron chi connectivity index (χ0n) is 17.7. The Labute approximate surface area is 174 Å². The second-order valence-corrected chi connectivity index (χ2v) is 8.44. The number of benzene rings is 1. The molecule has 0 atom stereocenters. The topological polar surface area (TPSA) is 39.7 Å². The fourth-order valence-corrected chi connectivity index (χ4v) is 4.41. The van der Waals surface area contributed by atoms with Crippen LogP contribution in [-0.2, 0) is 19.3 Å². The van der Waals surface area contributed by atoms with E-state index in [-0.39, 0.29) is 5.91 Å². The first-order valence-electron chi connectivity index (χ1n) is 10.9. The third-order valence-corrected chi connectivity index (χ3v) is 6.14. The first-order valence-corrected chi connectivity index (χ1v) is 10.9. The monoisotopic (exact) mass is 392 g/mol. The lowest BCUT2D eigenvalue weighted by Crippen LogP contribution is -2.30. The molecule has 154 valence electrons. The van der Waals surface area contributed by atoms with Crippen molar-refractivity contribution in [1.82, 2.24) is 14.8 Å². The second-order valence-electron chi connectivity index (χ2n) is 8.44. The summed E-state index contributed by atoms with van der Waals surface area (Å²) in [6.45, 7) is 4.86. The standard InChI is InChI=1S/C24H32N4O/c1-26(2)23-21(24(29)28-13-6-7-14-28)18-20-11-16-27(17-12-22(20)25-23)15-10-19-8-4-3-5-9-19/h3-5,8-9,18H,6-7,10-17H2,1-2H3. The summed E-state index contributed by atoms with van der Waals surface area (Å²) in [7, 11) is 3.97. The number of carbonyl (C=O) groups is 1. The maximum absolute atomic E-state index is 13.1. The van der Waals surface area contributed by atoms with Gasteiger partial charge in [-0.1, -0.05) is 30.3 Å². The van der Waals surface area contributed by atoms with Gasteiger partial charge < -0.3 is 14.7 Å². The molecule has 2 aromatic rings. The Balaban J connectivity index is 1.50. The fraction of sp³-hybridized carbons (Fsp3) is 0.500. The summed E-state index contributed by atoms with van der Waals surface area (Å²) in [5.41, 5.74) is 4.57. The molecule has 0 aliphatic carbocycles. The number of hydrogen-bond donors (Lipinski definition) is 0. The largest absolute Gasteiger partial charge is 0.362 e. The lowest BCUT2D eigenvalue weighted by atomic mass is 10.0. The molecule has 3 heterocycles. The molecule has 1 aromatic carbocycles. The number of rotatable bonds is 5. The second kappa shape index (κ2) is 8.95. The van der Waals surface area contributed by atoms with Crippen LogP contribution < -0.4 is 4.90 Å². The van der Waals surface area contributed by atoms with Crippen LogP contribution in [0.3, 0.4) is 0 Å². The highest BCUT2D eigenvalue weighted by Crippen LogP contribution is 2.26. The Morgan fingerprint density at radius 3 is 2.48 bits per heavy atom. The van der Waals surface area contributed by atoms with Crippen molar-refractivity contribution in [3.8, 4) is 0 Å². The van der Waals surface area contributed by atoms with E-state index >= 15 is 0 Å². The van der Waals surface area contributed by atoms with Crippen molar-refractivity contribution < 1.29 is 4.79 Å². The molecule has 0 radical (unpaired) electrons. The third kappa shape index (κ3) is 4.61. The number of carbonyl (C=O) groups excluding carboxylic acids is 1. The Hall–Kier alpha value is -2.40. The smallest absolute Gasteiger partial charge is 0.257 e. The molecule has 0 spiro atoms. The Kier molecular flexibility index (Phi) is 6.14. The van der Waals surface area contributed by atoms with Gasteiger partial charge >= 0.3 is 0 Å². The van der Waals surface area contributed by atoms with Gasteiger partial charge in [0.15, 0.2) is 0 Å². The lowest BCUT2D eigenvalue weighted by Gasteiger charge is -2.22. The summed E-state index contributed by atoms with van der Waals surface area (Å²) < 4.78 is 0. The number of hydrogen-bond acceptors (Lipinski definition) is 4. The van der Waals surface area contributed by atoms with Crippen molar-refractivity contribution in [2.45, 2.75) is 32.1 Å². The molecule has 1 saturated heterocycles. The normalized spacial score (nSPS) is 17.1. The van der Waals surface area contributed by atoms with Crippen LogP contribution in [0.5, 0.6) is 0 Å². The van der Waals surface area contributed by atoms with Gasteiger partial charge in [-0.3, -0.25) is 4.79 Å². The Morgan fingerprint density at radius 2 is 1.76 bits per heavy atom. The Morgan fingerprint density at radius 1 is 1.03 bits per heavy atom. The zero-order chi connectivity index (χ0) is 20.2. The number of likely N-dealkylation sites (tertiary alicyclic amines) is 1. The Bertz CT molecular complexity index is 843. The predicted molar refractivity (Wildman–Crippen MR) is 118 cm³/mol. The van der Waals surface area contributed by atoms with Crippen LogP contribution in [0.15, 0.2) is 36.4 Å². The first-order chi connectivity index (χ1) is 14.1. The molecule has 29 heavy (non-hydrogen) atoms. The molecule has 2 aliphatic rings. The van der Waals surface area contributed by atoms with E-state index in [4.69, 9.17) is 4.98 Å². The molecule has 1 aromatic heterocycles. The van der Waals surface area contributed by atoms with E-state index in [1.165, 1.54) is 11.1 Å². The third-order valence-electron chi connectivity index (χ3n) is 6.14. The van der Waals surface area contributed by atoms with Crippen molar-refractivity contribution in [3.05, 3.63) is 58.8 Å². The minimum atomic E-state index is 0.145. The number of nitrogens with zero attached hydrogens (tertiary/aromatic N) is 4. The number of amides is 1. The highest BCUT2D eigenvalue weighted by Gasteiger charge is 2.26. The number of aromatic nitrogens is 1. The molecule has 2 aliphatic heterocycles. The van der Waals surface area contributed by atoms with Gasteiger partial charge in [-0.2, -0.15) is 0 Å². The molecule has 0 saturated carbocycles. The molecule has 0 N–H and O–H groups in total. The minimum Gasteiger partial charge on any atom is -0.362 e. The van der Waals surface area contributed by atoms with Crippen molar-refractivity contribution >= 4 is 11.7 Å². The van der Waals surface area contributed by atoms with E-state index < -0.39 is 0 Å². The van der Waals surface area contributed by atoms with E-state index in [2.05, 4.69) is 41.3 Å². The van der Waals surface area contributed by atoms with E-state index in [1.807, 2.05) is 23.9 Å². The van der Waals surface area contributed by atoms with Gasteiger partial charge in [-0.05, 0) is 42.9 Å². The molecule has 1 fully saturated rings. The summed E-state index contributed by atoms with van der Waals surface area (Å²) in [5.74, 6) is 0.963. The molecular weight excluding hydrogens is 360 g/mol. The summed E-state index contributed by atoms with van der Waals surface area (Å²) in [4.78, 5) is 24.6.